The molecule has 8 heteroatoms. The molecule has 0 spiro atoms. The first-order chi connectivity index (χ1) is 13.2. The zero-order valence-corrected chi connectivity index (χ0v) is 15.8. The van der Waals surface area contributed by atoms with Crippen LogP contribution >= 0.6 is 11.6 Å². The van der Waals surface area contributed by atoms with E-state index in [1.54, 1.807) is 23.3 Å². The van der Waals surface area contributed by atoms with Crippen LogP contribution in [0.4, 0.5) is 0 Å². The van der Waals surface area contributed by atoms with Gasteiger partial charge < -0.3 is 14.4 Å². The zero-order valence-electron chi connectivity index (χ0n) is 15.0. The molecule has 0 bridgehead atoms. The maximum atomic E-state index is 12.8. The molecule has 2 aliphatic rings. The van der Waals surface area contributed by atoms with Crippen molar-refractivity contribution < 1.29 is 14.3 Å². The molecule has 0 aromatic carbocycles. The Hall–Kier alpha value is -1.96. The minimum Gasteiger partial charge on any atom is -0.376 e. The van der Waals surface area contributed by atoms with Crippen molar-refractivity contribution in [2.75, 3.05) is 19.8 Å². The quantitative estimate of drug-likeness (QED) is 0.756. The molecular formula is C19H23ClN4O3. The van der Waals surface area contributed by atoms with Crippen molar-refractivity contribution in [3.05, 3.63) is 47.5 Å². The lowest BCUT2D eigenvalue weighted by Gasteiger charge is -2.37. The standard InChI is InChI=1S/C19H23ClN4O3/c20-16-9-22-23(10-16)11-19(25)24-4-5-27-18-7-15(6-17(18)24)13-26-12-14-2-1-3-21-8-14/h1-3,8-10,15,17-18H,4-7,11-13H2. The Kier molecular flexibility index (Phi) is 5.71. The van der Waals surface area contributed by atoms with E-state index in [0.717, 1.165) is 18.4 Å². The molecule has 1 saturated heterocycles. The predicted octanol–water partition coefficient (Wildman–Crippen LogP) is 2.15. The summed E-state index contributed by atoms with van der Waals surface area (Å²) in [7, 11) is 0. The van der Waals surface area contributed by atoms with Gasteiger partial charge in [0, 0.05) is 25.1 Å². The van der Waals surface area contributed by atoms with Crippen LogP contribution < -0.4 is 0 Å². The first kappa shape index (κ1) is 18.4. The third-order valence-corrected chi connectivity index (χ3v) is 5.39. The molecule has 1 saturated carbocycles. The molecule has 1 amide bonds. The van der Waals surface area contributed by atoms with E-state index < -0.39 is 0 Å². The number of nitrogens with zero attached hydrogens (tertiary/aromatic N) is 4. The fourth-order valence-corrected chi connectivity index (χ4v) is 4.13. The fraction of sp³-hybridized carbons (Fsp3) is 0.526. The minimum atomic E-state index is 0.0602. The van der Waals surface area contributed by atoms with Gasteiger partial charge in [0.1, 0.15) is 6.54 Å². The van der Waals surface area contributed by atoms with E-state index in [4.69, 9.17) is 21.1 Å². The Bertz CT molecular complexity index is 769. The number of fused-ring (bicyclic) bond motifs is 1. The fourth-order valence-electron chi connectivity index (χ4n) is 3.98. The summed E-state index contributed by atoms with van der Waals surface area (Å²) in [4.78, 5) is 18.8. The zero-order chi connectivity index (χ0) is 18.6. The largest absolute Gasteiger partial charge is 0.376 e. The molecule has 1 aliphatic carbocycles. The SMILES string of the molecule is O=C(Cn1cc(Cl)cn1)N1CCOC2CC(COCc3cccnc3)CC21. The second-order valence-electron chi connectivity index (χ2n) is 7.13. The third-order valence-electron chi connectivity index (χ3n) is 5.20. The normalized spacial score (nSPS) is 24.8. The average Bonchev–Trinajstić information content (AvgIpc) is 3.27. The van der Waals surface area contributed by atoms with Crippen molar-refractivity contribution in [1.82, 2.24) is 19.7 Å². The van der Waals surface area contributed by atoms with Crippen molar-refractivity contribution in [2.24, 2.45) is 5.92 Å². The van der Waals surface area contributed by atoms with Gasteiger partial charge in [0.05, 0.1) is 43.2 Å². The molecular weight excluding hydrogens is 368 g/mol. The summed E-state index contributed by atoms with van der Waals surface area (Å²) < 4.78 is 13.4. The van der Waals surface area contributed by atoms with Gasteiger partial charge in [-0.2, -0.15) is 5.10 Å². The van der Waals surface area contributed by atoms with Crippen molar-refractivity contribution in [2.45, 2.75) is 38.1 Å². The summed E-state index contributed by atoms with van der Waals surface area (Å²) in [5, 5.41) is 4.64. The van der Waals surface area contributed by atoms with Crippen LogP contribution in [0.1, 0.15) is 18.4 Å². The molecule has 7 nitrogen and oxygen atoms in total. The average molecular weight is 391 g/mol. The first-order valence-electron chi connectivity index (χ1n) is 9.24. The van der Waals surface area contributed by atoms with Gasteiger partial charge in [-0.15, -0.1) is 0 Å². The molecule has 2 fully saturated rings. The molecule has 2 aromatic rings. The highest BCUT2D eigenvalue weighted by atomic mass is 35.5. The van der Waals surface area contributed by atoms with Gasteiger partial charge in [-0.1, -0.05) is 17.7 Å². The molecule has 3 unspecified atom stereocenters. The van der Waals surface area contributed by atoms with E-state index >= 15 is 0 Å². The lowest BCUT2D eigenvalue weighted by atomic mass is 10.1. The highest BCUT2D eigenvalue weighted by molar-refractivity contribution is 6.30. The number of aromatic nitrogens is 3. The van der Waals surface area contributed by atoms with Crippen LogP contribution in [0.3, 0.4) is 0 Å². The van der Waals surface area contributed by atoms with E-state index in [9.17, 15) is 4.79 Å². The van der Waals surface area contributed by atoms with Crippen LogP contribution in [0, 0.1) is 5.92 Å². The van der Waals surface area contributed by atoms with E-state index in [2.05, 4.69) is 10.1 Å². The van der Waals surface area contributed by atoms with Gasteiger partial charge in [0.2, 0.25) is 5.91 Å². The highest BCUT2D eigenvalue weighted by Crippen LogP contribution is 2.34. The number of carbonyl (C=O) groups is 1. The van der Waals surface area contributed by atoms with Crippen LogP contribution in [0.2, 0.25) is 5.02 Å². The Morgan fingerprint density at radius 3 is 3.07 bits per heavy atom. The lowest BCUT2D eigenvalue weighted by molar-refractivity contribution is -0.144. The number of carbonyl (C=O) groups excluding carboxylic acids is 1. The number of ether oxygens (including phenoxy) is 2. The predicted molar refractivity (Wildman–Crippen MR) is 99.1 cm³/mol. The summed E-state index contributed by atoms with van der Waals surface area (Å²) in [6.07, 6.45) is 8.71. The third kappa shape index (κ3) is 4.48. The van der Waals surface area contributed by atoms with Crippen LogP contribution in [0.15, 0.2) is 36.9 Å². The van der Waals surface area contributed by atoms with Crippen LogP contribution in [-0.2, 0) is 27.4 Å². The second kappa shape index (κ2) is 8.37. The van der Waals surface area contributed by atoms with Gasteiger partial charge in [0.15, 0.2) is 0 Å². The molecule has 0 radical (unpaired) electrons. The Balaban J connectivity index is 1.30. The number of hydrogen-bond donors (Lipinski definition) is 0. The first-order valence-corrected chi connectivity index (χ1v) is 9.62. The Morgan fingerprint density at radius 1 is 1.37 bits per heavy atom. The molecule has 4 rings (SSSR count). The van der Waals surface area contributed by atoms with Gasteiger partial charge in [0.25, 0.3) is 0 Å². The van der Waals surface area contributed by atoms with Crippen molar-refractivity contribution in [3.63, 3.8) is 0 Å². The number of halogens is 1. The maximum Gasteiger partial charge on any atom is 0.244 e. The van der Waals surface area contributed by atoms with Crippen LogP contribution in [0.5, 0.6) is 0 Å². The Labute approximate surface area is 163 Å². The van der Waals surface area contributed by atoms with Gasteiger partial charge in [-0.05, 0) is 30.4 Å². The van der Waals surface area contributed by atoms with Crippen LogP contribution in [-0.4, -0.2) is 57.5 Å². The smallest absolute Gasteiger partial charge is 0.244 e. The number of amides is 1. The summed E-state index contributed by atoms with van der Waals surface area (Å²) in [6.45, 7) is 2.64. The molecule has 3 heterocycles. The van der Waals surface area contributed by atoms with E-state index in [0.29, 0.717) is 37.3 Å². The summed E-state index contributed by atoms with van der Waals surface area (Å²) in [6, 6.07) is 4.03. The number of morpholine rings is 1. The topological polar surface area (TPSA) is 69.5 Å². The molecule has 0 N–H and O–H groups in total. The van der Waals surface area contributed by atoms with Gasteiger partial charge >= 0.3 is 0 Å². The minimum absolute atomic E-state index is 0.0602. The Morgan fingerprint density at radius 2 is 2.30 bits per heavy atom. The van der Waals surface area contributed by atoms with Crippen LogP contribution in [0.25, 0.3) is 0 Å². The molecule has 1 aliphatic heterocycles. The van der Waals surface area contributed by atoms with Gasteiger partial charge in [-0.3, -0.25) is 14.5 Å². The van der Waals surface area contributed by atoms with E-state index in [-0.39, 0.29) is 24.6 Å². The van der Waals surface area contributed by atoms with Gasteiger partial charge in [-0.25, -0.2) is 0 Å². The molecule has 3 atom stereocenters. The maximum absolute atomic E-state index is 12.8. The van der Waals surface area contributed by atoms with E-state index in [1.165, 1.54) is 0 Å². The van der Waals surface area contributed by atoms with Crippen molar-refractivity contribution in [3.8, 4) is 0 Å². The molecule has 27 heavy (non-hydrogen) atoms. The molecule has 2 aromatic heterocycles. The number of hydrogen-bond acceptors (Lipinski definition) is 5. The molecule has 144 valence electrons. The van der Waals surface area contributed by atoms with Crippen molar-refractivity contribution >= 4 is 17.5 Å². The second-order valence-corrected chi connectivity index (χ2v) is 7.57. The van der Waals surface area contributed by atoms with Crippen molar-refractivity contribution in [1.29, 1.82) is 0 Å². The summed E-state index contributed by atoms with van der Waals surface area (Å²) in [5.41, 5.74) is 1.07. The summed E-state index contributed by atoms with van der Waals surface area (Å²) >= 11 is 5.88. The highest BCUT2D eigenvalue weighted by Gasteiger charge is 2.42. The summed E-state index contributed by atoms with van der Waals surface area (Å²) in [5.74, 6) is 0.453. The monoisotopic (exact) mass is 390 g/mol. The lowest BCUT2D eigenvalue weighted by Crippen LogP contribution is -2.52. The number of rotatable bonds is 6. The number of pyridine rings is 1. The van der Waals surface area contributed by atoms with E-state index in [1.807, 2.05) is 23.2 Å².